The van der Waals surface area contributed by atoms with Crippen LogP contribution in [-0.4, -0.2) is 49.3 Å². The van der Waals surface area contributed by atoms with Crippen molar-refractivity contribution >= 4 is 0 Å². The SMILES string of the molecule is OCCCCCCN1CCCNCC1. The predicted octanol–water partition coefficient (Wildman–Crippen LogP) is 0.834. The normalized spacial score (nSPS) is 19.5. The molecule has 0 unspecified atom stereocenters. The Labute approximate surface area is 87.5 Å². The van der Waals surface area contributed by atoms with Crippen molar-refractivity contribution in [1.29, 1.82) is 0 Å². The Morgan fingerprint density at radius 2 is 1.86 bits per heavy atom. The van der Waals surface area contributed by atoms with E-state index < -0.39 is 0 Å². The Bertz CT molecular complexity index is 122. The third-order valence-electron chi connectivity index (χ3n) is 2.82. The summed E-state index contributed by atoms with van der Waals surface area (Å²) in [6.45, 7) is 6.39. The van der Waals surface area contributed by atoms with Crippen molar-refractivity contribution in [3.63, 3.8) is 0 Å². The van der Waals surface area contributed by atoms with Crippen LogP contribution in [-0.2, 0) is 0 Å². The van der Waals surface area contributed by atoms with E-state index in [0.717, 1.165) is 13.0 Å². The van der Waals surface area contributed by atoms with Crippen LogP contribution in [0.5, 0.6) is 0 Å². The van der Waals surface area contributed by atoms with Crippen LogP contribution in [0, 0.1) is 0 Å². The third kappa shape index (κ3) is 5.58. The molecule has 2 N–H and O–H groups in total. The molecule has 3 heteroatoms. The fourth-order valence-electron chi connectivity index (χ4n) is 1.93. The van der Waals surface area contributed by atoms with Gasteiger partial charge in [-0.05, 0) is 38.9 Å². The van der Waals surface area contributed by atoms with Gasteiger partial charge < -0.3 is 15.3 Å². The Kier molecular flexibility index (Phi) is 7.01. The average molecular weight is 200 g/mol. The quantitative estimate of drug-likeness (QED) is 0.624. The van der Waals surface area contributed by atoms with E-state index in [9.17, 15) is 0 Å². The smallest absolute Gasteiger partial charge is 0.0431 e. The first-order valence-electron chi connectivity index (χ1n) is 5.97. The molecule has 0 spiro atoms. The minimum Gasteiger partial charge on any atom is -0.396 e. The van der Waals surface area contributed by atoms with Crippen LogP contribution >= 0.6 is 0 Å². The second-order valence-corrected chi connectivity index (χ2v) is 4.08. The van der Waals surface area contributed by atoms with E-state index in [2.05, 4.69) is 10.2 Å². The van der Waals surface area contributed by atoms with Gasteiger partial charge in [-0.25, -0.2) is 0 Å². The summed E-state index contributed by atoms with van der Waals surface area (Å²) in [6, 6.07) is 0. The third-order valence-corrected chi connectivity index (χ3v) is 2.82. The second kappa shape index (κ2) is 8.21. The molecule has 0 aromatic rings. The fourth-order valence-corrected chi connectivity index (χ4v) is 1.93. The summed E-state index contributed by atoms with van der Waals surface area (Å²) in [5.74, 6) is 0. The van der Waals surface area contributed by atoms with E-state index in [-0.39, 0.29) is 0 Å². The standard InChI is InChI=1S/C11H24N2O/c14-11-4-2-1-3-8-13-9-5-6-12-7-10-13/h12,14H,1-11H2. The maximum absolute atomic E-state index is 8.63. The lowest BCUT2D eigenvalue weighted by molar-refractivity contribution is 0.269. The monoisotopic (exact) mass is 200 g/mol. The van der Waals surface area contributed by atoms with E-state index in [0.29, 0.717) is 6.61 Å². The highest BCUT2D eigenvalue weighted by molar-refractivity contribution is 4.65. The second-order valence-electron chi connectivity index (χ2n) is 4.08. The maximum atomic E-state index is 8.63. The molecule has 84 valence electrons. The van der Waals surface area contributed by atoms with Crippen molar-refractivity contribution in [1.82, 2.24) is 10.2 Å². The average Bonchev–Trinajstić information content (AvgIpc) is 2.46. The van der Waals surface area contributed by atoms with Gasteiger partial charge in [0.15, 0.2) is 0 Å². The first kappa shape index (κ1) is 12.0. The number of aliphatic hydroxyl groups excluding tert-OH is 1. The summed E-state index contributed by atoms with van der Waals surface area (Å²) in [5, 5.41) is 12.0. The molecule has 0 aromatic heterocycles. The van der Waals surface area contributed by atoms with Crippen molar-refractivity contribution in [3.05, 3.63) is 0 Å². The zero-order valence-corrected chi connectivity index (χ0v) is 9.17. The van der Waals surface area contributed by atoms with Crippen LogP contribution in [0.25, 0.3) is 0 Å². The van der Waals surface area contributed by atoms with Gasteiger partial charge >= 0.3 is 0 Å². The summed E-state index contributed by atoms with van der Waals surface area (Å²) in [5.41, 5.74) is 0. The first-order chi connectivity index (χ1) is 6.93. The van der Waals surface area contributed by atoms with Gasteiger partial charge in [-0.2, -0.15) is 0 Å². The molecule has 3 nitrogen and oxygen atoms in total. The Balaban J connectivity index is 1.93. The Morgan fingerprint density at radius 3 is 2.71 bits per heavy atom. The van der Waals surface area contributed by atoms with Crippen LogP contribution in [0.15, 0.2) is 0 Å². The van der Waals surface area contributed by atoms with Gasteiger partial charge in [0, 0.05) is 19.7 Å². The van der Waals surface area contributed by atoms with Gasteiger partial charge in [0.05, 0.1) is 0 Å². The number of hydrogen-bond acceptors (Lipinski definition) is 3. The molecule has 14 heavy (non-hydrogen) atoms. The van der Waals surface area contributed by atoms with Crippen LogP contribution < -0.4 is 5.32 Å². The molecule has 1 aliphatic heterocycles. The maximum Gasteiger partial charge on any atom is 0.0431 e. The fraction of sp³-hybridized carbons (Fsp3) is 1.00. The van der Waals surface area contributed by atoms with Gasteiger partial charge in [-0.1, -0.05) is 12.8 Å². The van der Waals surface area contributed by atoms with Crippen molar-refractivity contribution in [2.45, 2.75) is 32.1 Å². The number of nitrogens with one attached hydrogen (secondary N) is 1. The molecule has 1 aliphatic rings. The van der Waals surface area contributed by atoms with Gasteiger partial charge in [0.25, 0.3) is 0 Å². The minimum atomic E-state index is 0.355. The Hall–Kier alpha value is -0.120. The molecule has 0 aromatic carbocycles. The number of aliphatic hydroxyl groups is 1. The van der Waals surface area contributed by atoms with E-state index in [4.69, 9.17) is 5.11 Å². The van der Waals surface area contributed by atoms with Gasteiger partial charge in [0.1, 0.15) is 0 Å². The van der Waals surface area contributed by atoms with E-state index in [1.54, 1.807) is 0 Å². The van der Waals surface area contributed by atoms with Crippen molar-refractivity contribution in [2.24, 2.45) is 0 Å². The lowest BCUT2D eigenvalue weighted by atomic mass is 10.2. The molecule has 1 fully saturated rings. The summed E-state index contributed by atoms with van der Waals surface area (Å²) in [7, 11) is 0. The molecule has 0 aliphatic carbocycles. The van der Waals surface area contributed by atoms with E-state index >= 15 is 0 Å². The molecular weight excluding hydrogens is 176 g/mol. The molecular formula is C11H24N2O. The van der Waals surface area contributed by atoms with Crippen molar-refractivity contribution in [2.75, 3.05) is 39.3 Å². The molecule has 1 saturated heterocycles. The molecule has 1 rings (SSSR count). The Morgan fingerprint density at radius 1 is 1.00 bits per heavy atom. The topological polar surface area (TPSA) is 35.5 Å². The van der Waals surface area contributed by atoms with Gasteiger partial charge in [-0.3, -0.25) is 0 Å². The molecule has 1 heterocycles. The van der Waals surface area contributed by atoms with E-state index in [1.165, 1.54) is 51.9 Å². The van der Waals surface area contributed by atoms with Crippen molar-refractivity contribution < 1.29 is 5.11 Å². The summed E-state index contributed by atoms with van der Waals surface area (Å²) in [6.07, 6.45) is 6.01. The van der Waals surface area contributed by atoms with Crippen LogP contribution in [0.4, 0.5) is 0 Å². The minimum absolute atomic E-state index is 0.355. The van der Waals surface area contributed by atoms with Crippen LogP contribution in [0.3, 0.4) is 0 Å². The van der Waals surface area contributed by atoms with Crippen LogP contribution in [0.2, 0.25) is 0 Å². The predicted molar refractivity (Wildman–Crippen MR) is 59.5 cm³/mol. The molecule has 0 atom stereocenters. The molecule has 0 radical (unpaired) electrons. The molecule has 0 amide bonds. The summed E-state index contributed by atoms with van der Waals surface area (Å²) < 4.78 is 0. The van der Waals surface area contributed by atoms with Crippen molar-refractivity contribution in [3.8, 4) is 0 Å². The number of rotatable bonds is 6. The van der Waals surface area contributed by atoms with E-state index in [1.807, 2.05) is 0 Å². The molecule has 0 bridgehead atoms. The number of unbranched alkanes of at least 4 members (excludes halogenated alkanes) is 3. The highest BCUT2D eigenvalue weighted by Gasteiger charge is 2.06. The lowest BCUT2D eigenvalue weighted by Crippen LogP contribution is -2.29. The number of nitrogens with zero attached hydrogens (tertiary/aromatic N) is 1. The highest BCUT2D eigenvalue weighted by atomic mass is 16.2. The highest BCUT2D eigenvalue weighted by Crippen LogP contribution is 2.03. The van der Waals surface area contributed by atoms with Gasteiger partial charge in [0.2, 0.25) is 0 Å². The zero-order valence-electron chi connectivity index (χ0n) is 9.17. The summed E-state index contributed by atoms with van der Waals surface area (Å²) >= 11 is 0. The lowest BCUT2D eigenvalue weighted by Gasteiger charge is -2.18. The van der Waals surface area contributed by atoms with Gasteiger partial charge in [-0.15, -0.1) is 0 Å². The van der Waals surface area contributed by atoms with Crippen LogP contribution in [0.1, 0.15) is 32.1 Å². The first-order valence-corrected chi connectivity index (χ1v) is 5.97. The largest absolute Gasteiger partial charge is 0.396 e. The summed E-state index contributed by atoms with van der Waals surface area (Å²) in [4.78, 5) is 2.55. The zero-order chi connectivity index (χ0) is 10.1. The molecule has 0 saturated carbocycles. The number of hydrogen-bond donors (Lipinski definition) is 2.